The average Bonchev–Trinajstić information content (AvgIpc) is 3.28. The summed E-state index contributed by atoms with van der Waals surface area (Å²) in [6, 6.07) is 11.4. The zero-order valence-electron chi connectivity index (χ0n) is 24.3. The molecule has 0 unspecified atom stereocenters. The van der Waals surface area contributed by atoms with Crippen LogP contribution in [-0.4, -0.2) is 90.2 Å². The average molecular weight is 587 g/mol. The molecule has 12 nitrogen and oxygen atoms in total. The van der Waals surface area contributed by atoms with Crippen LogP contribution in [-0.2, 0) is 26.8 Å². The highest BCUT2D eigenvalue weighted by atomic mass is 16.4. The predicted molar refractivity (Wildman–Crippen MR) is 153 cm³/mol. The molecule has 0 spiro atoms. The first-order valence-corrected chi connectivity index (χ1v) is 14.3. The summed E-state index contributed by atoms with van der Waals surface area (Å²) in [6.45, 7) is 5.17. The van der Waals surface area contributed by atoms with Crippen molar-refractivity contribution in [1.82, 2.24) is 20.0 Å². The van der Waals surface area contributed by atoms with Crippen molar-refractivity contribution in [2.75, 3.05) is 19.6 Å². The summed E-state index contributed by atoms with van der Waals surface area (Å²) >= 11 is 0. The van der Waals surface area contributed by atoms with Gasteiger partial charge in [0.25, 0.3) is 5.91 Å². The second-order valence-corrected chi connectivity index (χ2v) is 11.5. The van der Waals surface area contributed by atoms with Gasteiger partial charge in [0.05, 0.1) is 24.1 Å². The van der Waals surface area contributed by atoms with Crippen LogP contribution in [0.25, 0.3) is 0 Å². The van der Waals surface area contributed by atoms with E-state index in [2.05, 4.69) is 45.6 Å². The van der Waals surface area contributed by atoms with E-state index >= 15 is 0 Å². The van der Waals surface area contributed by atoms with Gasteiger partial charge in [-0.2, -0.15) is 5.10 Å². The maximum Gasteiger partial charge on any atom is 0.336 e. The van der Waals surface area contributed by atoms with Crippen molar-refractivity contribution in [2.24, 2.45) is 7.05 Å². The minimum absolute atomic E-state index is 0.0158. The fourth-order valence-electron chi connectivity index (χ4n) is 6.02. The number of aliphatic hydroxyl groups is 1. The number of aromatic nitrogens is 2. The van der Waals surface area contributed by atoms with Crippen molar-refractivity contribution >= 4 is 23.8 Å². The number of nitrogens with one attached hydrogen (secondary N) is 1. The number of rotatable bonds is 10. The van der Waals surface area contributed by atoms with E-state index in [0.29, 0.717) is 11.0 Å². The number of piperidine rings is 1. The summed E-state index contributed by atoms with van der Waals surface area (Å²) in [7, 11) is 1.86. The number of carbonyl (C=O) groups excluding carboxylic acids is 1. The Morgan fingerprint density at radius 2 is 1.55 bits per heavy atom. The van der Waals surface area contributed by atoms with Crippen molar-refractivity contribution in [3.8, 4) is 0 Å². The molecule has 12 heteroatoms. The van der Waals surface area contributed by atoms with Crippen molar-refractivity contribution in [3.05, 3.63) is 53.3 Å². The molecule has 1 aliphatic carbocycles. The molecule has 5 N–H and O–H groups in total. The van der Waals surface area contributed by atoms with Gasteiger partial charge in [0.1, 0.15) is 0 Å². The SMILES string of the molecule is Cc1nn(C)cc1C(=O)NC1CCN(CC2(c3ccccc3)CCCCC2)CC1.O=C(O)CC(O)(CC(=O)O)C(=O)O. The zero-order valence-corrected chi connectivity index (χ0v) is 24.3. The molecule has 1 saturated heterocycles. The Morgan fingerprint density at radius 3 is 2.02 bits per heavy atom. The van der Waals surface area contributed by atoms with Crippen LogP contribution in [0.4, 0.5) is 0 Å². The van der Waals surface area contributed by atoms with E-state index in [-0.39, 0.29) is 11.9 Å². The molecule has 1 aromatic heterocycles. The van der Waals surface area contributed by atoms with Gasteiger partial charge in [-0.05, 0) is 38.2 Å². The minimum Gasteiger partial charge on any atom is -0.481 e. The van der Waals surface area contributed by atoms with Crippen LogP contribution in [0.2, 0.25) is 0 Å². The zero-order chi connectivity index (χ0) is 30.9. The number of likely N-dealkylation sites (tertiary alicyclic amines) is 1. The first kappa shape index (κ1) is 32.7. The lowest BCUT2D eigenvalue weighted by Crippen LogP contribution is -2.49. The number of nitrogens with zero attached hydrogens (tertiary/aromatic N) is 3. The number of amides is 1. The second kappa shape index (κ2) is 14.4. The lowest BCUT2D eigenvalue weighted by Gasteiger charge is -2.43. The van der Waals surface area contributed by atoms with Gasteiger partial charge in [-0.25, -0.2) is 4.79 Å². The topological polar surface area (TPSA) is 182 Å². The van der Waals surface area contributed by atoms with E-state index in [9.17, 15) is 19.2 Å². The van der Waals surface area contributed by atoms with E-state index in [0.717, 1.165) is 38.2 Å². The molecule has 2 fully saturated rings. The number of hydrogen-bond acceptors (Lipinski definition) is 7. The van der Waals surface area contributed by atoms with Crippen molar-refractivity contribution in [2.45, 2.75) is 81.8 Å². The molecule has 4 rings (SSSR count). The highest BCUT2D eigenvalue weighted by Crippen LogP contribution is 2.40. The number of aliphatic carboxylic acids is 3. The third-order valence-electron chi connectivity index (χ3n) is 8.19. The van der Waals surface area contributed by atoms with Crippen LogP contribution in [0, 0.1) is 6.92 Å². The lowest BCUT2D eigenvalue weighted by molar-refractivity contribution is -0.170. The Morgan fingerprint density at radius 1 is 0.976 bits per heavy atom. The molecule has 1 aliphatic heterocycles. The predicted octanol–water partition coefficient (Wildman–Crippen LogP) is 2.58. The summed E-state index contributed by atoms with van der Waals surface area (Å²) in [5, 5.41) is 41.3. The van der Waals surface area contributed by atoms with Crippen LogP contribution < -0.4 is 5.32 Å². The minimum atomic E-state index is -2.74. The second-order valence-electron chi connectivity index (χ2n) is 11.5. The van der Waals surface area contributed by atoms with Gasteiger partial charge in [0.15, 0.2) is 5.60 Å². The lowest BCUT2D eigenvalue weighted by atomic mass is 9.69. The summed E-state index contributed by atoms with van der Waals surface area (Å²) in [5.74, 6) is -5.00. The highest BCUT2D eigenvalue weighted by Gasteiger charge is 2.41. The van der Waals surface area contributed by atoms with Gasteiger partial charge in [-0.3, -0.25) is 19.1 Å². The summed E-state index contributed by atoms with van der Waals surface area (Å²) in [6.07, 6.45) is 8.22. The quantitative estimate of drug-likeness (QED) is 0.277. The van der Waals surface area contributed by atoms with Crippen molar-refractivity contribution < 1.29 is 39.6 Å². The molecule has 1 amide bonds. The highest BCUT2D eigenvalue weighted by molar-refractivity contribution is 5.95. The molecule has 2 aliphatic rings. The first-order valence-electron chi connectivity index (χ1n) is 14.3. The number of aryl methyl sites for hydroxylation is 2. The molecule has 1 saturated carbocycles. The van der Waals surface area contributed by atoms with E-state index in [4.69, 9.17) is 20.4 Å². The molecule has 230 valence electrons. The summed E-state index contributed by atoms with van der Waals surface area (Å²) in [4.78, 5) is 45.7. The Bertz CT molecular complexity index is 1220. The molecule has 0 radical (unpaired) electrons. The first-order chi connectivity index (χ1) is 19.8. The molecule has 0 atom stereocenters. The maximum absolute atomic E-state index is 12.6. The van der Waals surface area contributed by atoms with E-state index in [1.165, 1.54) is 37.7 Å². The Labute approximate surface area is 245 Å². The number of benzene rings is 1. The normalized spacial score (nSPS) is 17.5. The van der Waals surface area contributed by atoms with Crippen molar-refractivity contribution in [3.63, 3.8) is 0 Å². The van der Waals surface area contributed by atoms with Crippen LogP contribution in [0.3, 0.4) is 0 Å². The van der Waals surface area contributed by atoms with Gasteiger partial charge >= 0.3 is 17.9 Å². The Hall–Kier alpha value is -3.77. The molecule has 1 aromatic carbocycles. The largest absolute Gasteiger partial charge is 0.481 e. The van der Waals surface area contributed by atoms with Crippen molar-refractivity contribution in [1.29, 1.82) is 0 Å². The summed E-state index contributed by atoms with van der Waals surface area (Å²) in [5.41, 5.74) is 0.576. The number of carboxylic acids is 3. The Balaban J connectivity index is 0.000000316. The molecule has 2 heterocycles. The number of carboxylic acid groups (broad SMARTS) is 3. The third kappa shape index (κ3) is 8.86. The summed E-state index contributed by atoms with van der Waals surface area (Å²) < 4.78 is 1.71. The monoisotopic (exact) mass is 586 g/mol. The van der Waals surface area contributed by atoms with E-state index in [1.54, 1.807) is 4.68 Å². The number of hydrogen-bond donors (Lipinski definition) is 5. The molecular weight excluding hydrogens is 544 g/mol. The van der Waals surface area contributed by atoms with Gasteiger partial charge < -0.3 is 30.6 Å². The van der Waals surface area contributed by atoms with Gasteiger partial charge in [-0.15, -0.1) is 0 Å². The van der Waals surface area contributed by atoms with Crippen LogP contribution >= 0.6 is 0 Å². The van der Waals surface area contributed by atoms with Crippen LogP contribution in [0.15, 0.2) is 36.5 Å². The smallest absolute Gasteiger partial charge is 0.336 e. The Kier molecular flexibility index (Phi) is 11.2. The van der Waals surface area contributed by atoms with Crippen LogP contribution in [0.1, 0.15) is 79.4 Å². The third-order valence-corrected chi connectivity index (χ3v) is 8.19. The van der Waals surface area contributed by atoms with Crippen LogP contribution in [0.5, 0.6) is 0 Å². The van der Waals surface area contributed by atoms with E-state index < -0.39 is 36.4 Å². The van der Waals surface area contributed by atoms with Gasteiger partial charge in [0.2, 0.25) is 0 Å². The fourth-order valence-corrected chi connectivity index (χ4v) is 6.02. The molecule has 0 bridgehead atoms. The molecule has 2 aromatic rings. The van der Waals surface area contributed by atoms with E-state index in [1.807, 2.05) is 20.2 Å². The van der Waals surface area contributed by atoms with Gasteiger partial charge in [0, 0.05) is 44.3 Å². The molecule has 42 heavy (non-hydrogen) atoms. The molecular formula is C30H42N4O8. The number of carbonyl (C=O) groups is 4. The van der Waals surface area contributed by atoms with Gasteiger partial charge in [-0.1, -0.05) is 49.6 Å². The maximum atomic E-state index is 12.6. The standard InChI is InChI=1S/C24H34N4O.C6H8O7/c1-19-22(17-27(2)26-19)23(29)25-21-11-15-28(16-12-21)18-24(13-7-4-8-14-24)20-9-5-3-6-10-20;7-3(8)1-6(13,5(11)12)2-4(9)10/h3,5-6,9-10,17,21H,4,7-8,11-16,18H2,1-2H3,(H,25,29);13H,1-2H2,(H,7,8)(H,9,10)(H,11,12). The fraction of sp³-hybridized carbons (Fsp3) is 0.567.